The van der Waals surface area contributed by atoms with Crippen LogP contribution in [0.3, 0.4) is 0 Å². The van der Waals surface area contributed by atoms with Crippen LogP contribution in [0.1, 0.15) is 32.6 Å². The van der Waals surface area contributed by atoms with Crippen molar-refractivity contribution in [3.63, 3.8) is 0 Å². The van der Waals surface area contributed by atoms with E-state index in [0.717, 1.165) is 12.5 Å². The van der Waals surface area contributed by atoms with E-state index in [2.05, 4.69) is 0 Å². The average Bonchev–Trinajstić information content (AvgIpc) is 2.78. The summed E-state index contributed by atoms with van der Waals surface area (Å²) in [7, 11) is -7.47. The molecule has 0 aromatic heterocycles. The number of carbonyl (C=O) groups is 1. The van der Waals surface area contributed by atoms with Gasteiger partial charge in [-0.2, -0.15) is 8.61 Å². The van der Waals surface area contributed by atoms with Gasteiger partial charge in [-0.25, -0.2) is 16.8 Å². The molecule has 0 spiro atoms. The Hall–Kier alpha value is -2.09. The van der Waals surface area contributed by atoms with Gasteiger partial charge in [-0.15, -0.1) is 0 Å². The molecule has 2 aliphatic rings. The fraction of sp³-hybridized carbons (Fsp3) is 0.632. The van der Waals surface area contributed by atoms with Crippen molar-refractivity contribution in [3.8, 4) is 0 Å². The number of nitro benzene ring substituents is 1. The summed E-state index contributed by atoms with van der Waals surface area (Å²) in [6, 6.07) is 4.11. The molecule has 0 saturated carbocycles. The van der Waals surface area contributed by atoms with Crippen LogP contribution >= 0.6 is 0 Å². The molecule has 3 rings (SSSR count). The second-order valence-electron chi connectivity index (χ2n) is 7.92. The molecule has 2 saturated heterocycles. The standard InChI is InChI=1S/C19H28N4O7S2/c1-2-14-31(27,28)22-9-4-3-8-18(22)19(24)20-10-12-21(13-11-20)32(29,30)17-7-5-6-16(15-17)23(25)26/h5-7,15,18H,2-4,8-14H2,1H3/t18-/m1/s1. The van der Waals surface area contributed by atoms with Gasteiger partial charge in [0, 0.05) is 44.9 Å². The summed E-state index contributed by atoms with van der Waals surface area (Å²) in [6.45, 7) is 2.42. The number of benzene rings is 1. The fourth-order valence-electron chi connectivity index (χ4n) is 4.13. The Morgan fingerprint density at radius 2 is 1.78 bits per heavy atom. The van der Waals surface area contributed by atoms with Gasteiger partial charge in [0.2, 0.25) is 26.0 Å². The molecular weight excluding hydrogens is 460 g/mol. The number of nitrogens with zero attached hydrogens (tertiary/aromatic N) is 4. The Labute approximate surface area is 188 Å². The van der Waals surface area contributed by atoms with E-state index in [9.17, 15) is 31.7 Å². The lowest BCUT2D eigenvalue weighted by Gasteiger charge is -2.39. The number of amides is 1. The van der Waals surface area contributed by atoms with Crippen molar-refractivity contribution < 1.29 is 26.6 Å². The van der Waals surface area contributed by atoms with E-state index in [1.165, 1.54) is 31.7 Å². The first-order valence-corrected chi connectivity index (χ1v) is 13.7. The number of hydrogen-bond acceptors (Lipinski definition) is 7. The first-order valence-electron chi connectivity index (χ1n) is 10.6. The number of nitro groups is 1. The molecule has 0 unspecified atom stereocenters. The van der Waals surface area contributed by atoms with Crippen LogP contribution in [0.5, 0.6) is 0 Å². The highest BCUT2D eigenvalue weighted by molar-refractivity contribution is 7.89. The zero-order chi connectivity index (χ0) is 23.5. The highest BCUT2D eigenvalue weighted by atomic mass is 32.2. The van der Waals surface area contributed by atoms with Crippen molar-refractivity contribution in [2.45, 2.75) is 43.5 Å². The molecule has 0 radical (unpaired) electrons. The largest absolute Gasteiger partial charge is 0.339 e. The first-order chi connectivity index (χ1) is 15.1. The van der Waals surface area contributed by atoms with Gasteiger partial charge < -0.3 is 4.90 Å². The van der Waals surface area contributed by atoms with Crippen molar-refractivity contribution in [1.29, 1.82) is 0 Å². The van der Waals surface area contributed by atoms with Crippen LogP contribution in [0, 0.1) is 10.1 Å². The number of piperazine rings is 1. The van der Waals surface area contributed by atoms with E-state index < -0.39 is 31.0 Å². The molecule has 32 heavy (non-hydrogen) atoms. The maximum atomic E-state index is 13.1. The van der Waals surface area contributed by atoms with Crippen LogP contribution in [0.15, 0.2) is 29.2 Å². The molecule has 1 atom stereocenters. The van der Waals surface area contributed by atoms with Crippen molar-refractivity contribution in [3.05, 3.63) is 34.4 Å². The lowest BCUT2D eigenvalue weighted by Crippen LogP contribution is -2.57. The summed E-state index contributed by atoms with van der Waals surface area (Å²) in [4.78, 5) is 24.8. The van der Waals surface area contributed by atoms with Gasteiger partial charge in [0.1, 0.15) is 6.04 Å². The molecule has 0 bridgehead atoms. The van der Waals surface area contributed by atoms with Crippen LogP contribution in [-0.4, -0.2) is 85.7 Å². The van der Waals surface area contributed by atoms with Crippen LogP contribution in [-0.2, 0) is 24.8 Å². The molecule has 2 fully saturated rings. The minimum atomic E-state index is -3.95. The first kappa shape index (κ1) is 24.6. The van der Waals surface area contributed by atoms with Gasteiger partial charge in [0.25, 0.3) is 5.69 Å². The number of carbonyl (C=O) groups excluding carboxylic acids is 1. The second kappa shape index (κ2) is 9.81. The Bertz CT molecular complexity index is 1070. The minimum absolute atomic E-state index is 0.00792. The number of sulfonamides is 2. The van der Waals surface area contributed by atoms with Crippen LogP contribution < -0.4 is 0 Å². The normalized spacial score (nSPS) is 21.4. The summed E-state index contributed by atoms with van der Waals surface area (Å²) < 4.78 is 53.6. The summed E-state index contributed by atoms with van der Waals surface area (Å²) in [5, 5.41) is 11.0. The molecule has 178 valence electrons. The molecule has 1 aromatic rings. The zero-order valence-corrected chi connectivity index (χ0v) is 19.6. The van der Waals surface area contributed by atoms with E-state index in [0.29, 0.717) is 25.8 Å². The van der Waals surface area contributed by atoms with Gasteiger partial charge >= 0.3 is 0 Å². The maximum Gasteiger partial charge on any atom is 0.270 e. The summed E-state index contributed by atoms with van der Waals surface area (Å²) in [5.74, 6) is -0.303. The average molecular weight is 489 g/mol. The molecule has 2 aliphatic heterocycles. The monoisotopic (exact) mass is 488 g/mol. The van der Waals surface area contributed by atoms with Gasteiger partial charge in [-0.05, 0) is 25.3 Å². The van der Waals surface area contributed by atoms with Gasteiger partial charge in [0.05, 0.1) is 15.6 Å². The van der Waals surface area contributed by atoms with Crippen molar-refractivity contribution in [1.82, 2.24) is 13.5 Å². The minimum Gasteiger partial charge on any atom is -0.339 e. The molecular formula is C19H28N4O7S2. The Kier molecular flexibility index (Phi) is 7.53. The van der Waals surface area contributed by atoms with Crippen molar-refractivity contribution in [2.75, 3.05) is 38.5 Å². The van der Waals surface area contributed by atoms with Gasteiger partial charge in [-0.1, -0.05) is 19.4 Å². The quantitative estimate of drug-likeness (QED) is 0.412. The van der Waals surface area contributed by atoms with Crippen LogP contribution in [0.2, 0.25) is 0 Å². The van der Waals surface area contributed by atoms with Gasteiger partial charge in [0.15, 0.2) is 0 Å². The highest BCUT2D eigenvalue weighted by Crippen LogP contribution is 2.25. The third-order valence-electron chi connectivity index (χ3n) is 5.77. The highest BCUT2D eigenvalue weighted by Gasteiger charge is 2.40. The number of rotatable bonds is 7. The van der Waals surface area contributed by atoms with Crippen LogP contribution in [0.4, 0.5) is 5.69 Å². The van der Waals surface area contributed by atoms with E-state index in [-0.39, 0.29) is 48.4 Å². The SMILES string of the molecule is CCCS(=O)(=O)N1CCCC[C@@H]1C(=O)N1CCN(S(=O)(=O)c2cccc([N+](=O)[O-])c2)CC1. The van der Waals surface area contributed by atoms with Crippen molar-refractivity contribution in [2.24, 2.45) is 0 Å². The summed E-state index contributed by atoms with van der Waals surface area (Å²) in [6.07, 6.45) is 2.39. The fourth-order valence-corrected chi connectivity index (χ4v) is 7.33. The van der Waals surface area contributed by atoms with E-state index in [1.807, 2.05) is 0 Å². The predicted octanol–water partition coefficient (Wildman–Crippen LogP) is 1.02. The molecule has 1 aromatic carbocycles. The second-order valence-corrected chi connectivity index (χ2v) is 11.9. The predicted molar refractivity (Wildman–Crippen MR) is 117 cm³/mol. The Morgan fingerprint density at radius 3 is 2.41 bits per heavy atom. The summed E-state index contributed by atoms with van der Waals surface area (Å²) in [5.41, 5.74) is -0.314. The van der Waals surface area contributed by atoms with E-state index in [4.69, 9.17) is 0 Å². The maximum absolute atomic E-state index is 13.1. The number of non-ortho nitro benzene ring substituents is 1. The third kappa shape index (κ3) is 5.11. The molecule has 2 heterocycles. The topological polar surface area (TPSA) is 138 Å². The van der Waals surface area contributed by atoms with E-state index >= 15 is 0 Å². The molecule has 0 N–H and O–H groups in total. The smallest absolute Gasteiger partial charge is 0.270 e. The van der Waals surface area contributed by atoms with Crippen LogP contribution in [0.25, 0.3) is 0 Å². The lowest BCUT2D eigenvalue weighted by molar-refractivity contribution is -0.385. The molecule has 13 heteroatoms. The van der Waals surface area contributed by atoms with Gasteiger partial charge in [-0.3, -0.25) is 14.9 Å². The summed E-state index contributed by atoms with van der Waals surface area (Å²) >= 11 is 0. The third-order valence-corrected chi connectivity index (χ3v) is 9.75. The Morgan fingerprint density at radius 1 is 1.09 bits per heavy atom. The van der Waals surface area contributed by atoms with Crippen molar-refractivity contribution >= 4 is 31.6 Å². The number of piperidine rings is 1. The lowest BCUT2D eigenvalue weighted by atomic mass is 10.0. The number of hydrogen-bond donors (Lipinski definition) is 0. The zero-order valence-electron chi connectivity index (χ0n) is 17.9. The molecule has 0 aliphatic carbocycles. The van der Waals surface area contributed by atoms with E-state index in [1.54, 1.807) is 6.92 Å². The molecule has 1 amide bonds. The molecule has 11 nitrogen and oxygen atoms in total. The Balaban J connectivity index is 1.70.